The number of aromatic nitrogens is 1. The summed E-state index contributed by atoms with van der Waals surface area (Å²) in [5.41, 5.74) is 0.220. The SMILES string of the molecule is CCN(CC)S(=O)(=O)c1ccc(=O)n(CC(=O)NCC(c2cccc(F)c2)N(C)C)c1. The molecule has 0 aliphatic heterocycles. The molecule has 0 fully saturated rings. The van der Waals surface area contributed by atoms with Crippen LogP contribution in [0.5, 0.6) is 0 Å². The third-order valence-electron chi connectivity index (χ3n) is 4.96. The minimum absolute atomic E-state index is 0.0467. The van der Waals surface area contributed by atoms with Crippen LogP contribution >= 0.6 is 0 Å². The second-order valence-corrected chi connectivity index (χ2v) is 9.20. The molecule has 170 valence electrons. The van der Waals surface area contributed by atoms with Gasteiger partial charge in [0.2, 0.25) is 15.9 Å². The van der Waals surface area contributed by atoms with Crippen LogP contribution in [-0.2, 0) is 21.4 Å². The largest absolute Gasteiger partial charge is 0.353 e. The van der Waals surface area contributed by atoms with Gasteiger partial charge in [0.1, 0.15) is 12.4 Å². The van der Waals surface area contributed by atoms with Crippen molar-refractivity contribution in [2.24, 2.45) is 0 Å². The highest BCUT2D eigenvalue weighted by atomic mass is 32.2. The van der Waals surface area contributed by atoms with Crippen molar-refractivity contribution in [3.63, 3.8) is 0 Å². The first kappa shape index (κ1) is 24.7. The molecule has 31 heavy (non-hydrogen) atoms. The van der Waals surface area contributed by atoms with Gasteiger partial charge in [0.25, 0.3) is 5.56 Å². The zero-order chi connectivity index (χ0) is 23.2. The van der Waals surface area contributed by atoms with Crippen molar-refractivity contribution >= 4 is 15.9 Å². The lowest BCUT2D eigenvalue weighted by Gasteiger charge is -2.25. The summed E-state index contributed by atoms with van der Waals surface area (Å²) >= 11 is 0. The highest BCUT2D eigenvalue weighted by molar-refractivity contribution is 7.89. The highest BCUT2D eigenvalue weighted by Gasteiger charge is 2.23. The minimum atomic E-state index is -3.75. The summed E-state index contributed by atoms with van der Waals surface area (Å²) < 4.78 is 41.3. The molecule has 1 unspecified atom stereocenters. The van der Waals surface area contributed by atoms with Gasteiger partial charge in [0, 0.05) is 31.9 Å². The number of hydrogen-bond acceptors (Lipinski definition) is 5. The smallest absolute Gasteiger partial charge is 0.251 e. The van der Waals surface area contributed by atoms with E-state index in [1.807, 2.05) is 19.0 Å². The van der Waals surface area contributed by atoms with E-state index in [4.69, 9.17) is 0 Å². The summed E-state index contributed by atoms with van der Waals surface area (Å²) in [6.07, 6.45) is 1.19. The average Bonchev–Trinajstić information content (AvgIpc) is 2.70. The van der Waals surface area contributed by atoms with Crippen molar-refractivity contribution in [3.05, 3.63) is 64.3 Å². The second kappa shape index (κ2) is 10.7. The molecule has 1 atom stereocenters. The van der Waals surface area contributed by atoms with Crippen LogP contribution in [0.15, 0.2) is 52.3 Å². The van der Waals surface area contributed by atoms with E-state index in [9.17, 15) is 22.4 Å². The standard InChI is InChI=1S/C21H29FN4O4S/c1-5-26(6-2)31(29,30)18-10-11-21(28)25(14-18)15-20(27)23-13-19(24(3)4)16-8-7-9-17(22)12-16/h7-12,14,19H,5-6,13,15H2,1-4H3,(H,23,27). The molecule has 1 aromatic carbocycles. The molecule has 2 rings (SSSR count). The summed E-state index contributed by atoms with van der Waals surface area (Å²) in [6.45, 7) is 3.91. The van der Waals surface area contributed by atoms with Crippen LogP contribution in [0.3, 0.4) is 0 Å². The van der Waals surface area contributed by atoms with Crippen molar-refractivity contribution in [1.29, 1.82) is 0 Å². The second-order valence-electron chi connectivity index (χ2n) is 7.26. The van der Waals surface area contributed by atoms with Gasteiger partial charge in [-0.1, -0.05) is 26.0 Å². The monoisotopic (exact) mass is 452 g/mol. The van der Waals surface area contributed by atoms with Crippen molar-refractivity contribution in [3.8, 4) is 0 Å². The predicted molar refractivity (Wildman–Crippen MR) is 117 cm³/mol. The third kappa shape index (κ3) is 6.22. The number of halogens is 1. The van der Waals surface area contributed by atoms with Gasteiger partial charge in [0.05, 0.1) is 10.9 Å². The van der Waals surface area contributed by atoms with Gasteiger partial charge < -0.3 is 14.8 Å². The summed E-state index contributed by atoms with van der Waals surface area (Å²) in [6, 6.07) is 8.24. The van der Waals surface area contributed by atoms with Crippen LogP contribution in [0, 0.1) is 5.82 Å². The van der Waals surface area contributed by atoms with Gasteiger partial charge in [-0.3, -0.25) is 9.59 Å². The van der Waals surface area contributed by atoms with Gasteiger partial charge >= 0.3 is 0 Å². The van der Waals surface area contributed by atoms with E-state index >= 15 is 0 Å². The van der Waals surface area contributed by atoms with Crippen LogP contribution in [0.1, 0.15) is 25.5 Å². The summed E-state index contributed by atoms with van der Waals surface area (Å²) in [7, 11) is -0.127. The van der Waals surface area contributed by atoms with Gasteiger partial charge in [0.15, 0.2) is 0 Å². The molecule has 8 nitrogen and oxygen atoms in total. The molecule has 0 aliphatic rings. The maximum atomic E-state index is 13.6. The van der Waals surface area contributed by atoms with Crippen LogP contribution in [0.4, 0.5) is 4.39 Å². The number of nitrogens with zero attached hydrogens (tertiary/aromatic N) is 3. The number of nitrogens with one attached hydrogen (secondary N) is 1. The number of amides is 1. The Morgan fingerprint density at radius 3 is 2.42 bits per heavy atom. The molecule has 0 aliphatic carbocycles. The lowest BCUT2D eigenvalue weighted by atomic mass is 10.1. The van der Waals surface area contributed by atoms with Crippen LogP contribution in [-0.4, -0.2) is 61.8 Å². The Morgan fingerprint density at radius 1 is 1.16 bits per heavy atom. The molecule has 0 saturated heterocycles. The van der Waals surface area contributed by atoms with Gasteiger partial charge in [-0.05, 0) is 37.9 Å². The molecule has 10 heteroatoms. The van der Waals surface area contributed by atoms with E-state index in [-0.39, 0.29) is 29.8 Å². The number of carbonyl (C=O) groups is 1. The Balaban J connectivity index is 2.15. The average molecular weight is 453 g/mol. The van der Waals surface area contributed by atoms with Crippen molar-refractivity contribution in [2.45, 2.75) is 31.3 Å². The Morgan fingerprint density at radius 2 is 1.84 bits per heavy atom. The van der Waals surface area contributed by atoms with E-state index in [0.717, 1.165) is 10.6 Å². The zero-order valence-electron chi connectivity index (χ0n) is 18.2. The molecule has 0 saturated carbocycles. The van der Waals surface area contributed by atoms with Crippen molar-refractivity contribution in [2.75, 3.05) is 33.7 Å². The lowest BCUT2D eigenvalue weighted by Crippen LogP contribution is -2.38. The van der Waals surface area contributed by atoms with Crippen LogP contribution in [0.25, 0.3) is 0 Å². The Bertz CT molecular complexity index is 1070. The van der Waals surface area contributed by atoms with Crippen LogP contribution < -0.4 is 10.9 Å². The van der Waals surface area contributed by atoms with E-state index < -0.39 is 21.5 Å². The zero-order valence-corrected chi connectivity index (χ0v) is 19.0. The van der Waals surface area contributed by atoms with E-state index in [2.05, 4.69) is 5.32 Å². The quantitative estimate of drug-likeness (QED) is 0.589. The lowest BCUT2D eigenvalue weighted by molar-refractivity contribution is -0.121. The first-order chi connectivity index (χ1) is 14.6. The Labute approximate surface area is 182 Å². The number of rotatable bonds is 10. The Hall–Kier alpha value is -2.56. The molecule has 1 N–H and O–H groups in total. The predicted octanol–water partition coefficient (Wildman–Crippen LogP) is 1.44. The fraction of sp³-hybridized carbons (Fsp3) is 0.429. The first-order valence-electron chi connectivity index (χ1n) is 9.99. The molecule has 1 heterocycles. The summed E-state index contributed by atoms with van der Waals surface area (Å²) in [5, 5.41) is 2.74. The van der Waals surface area contributed by atoms with Gasteiger partial charge in [-0.25, -0.2) is 12.8 Å². The fourth-order valence-electron chi connectivity index (χ4n) is 3.23. The molecule has 1 aromatic heterocycles. The number of sulfonamides is 1. The molecule has 0 radical (unpaired) electrons. The van der Waals surface area contributed by atoms with Crippen LogP contribution in [0.2, 0.25) is 0 Å². The third-order valence-corrected chi connectivity index (χ3v) is 7.00. The number of benzene rings is 1. The van der Waals surface area contributed by atoms with E-state index in [1.165, 1.54) is 28.7 Å². The van der Waals surface area contributed by atoms with Gasteiger partial charge in [-0.15, -0.1) is 0 Å². The number of hydrogen-bond donors (Lipinski definition) is 1. The van der Waals surface area contributed by atoms with E-state index in [1.54, 1.807) is 26.0 Å². The highest BCUT2D eigenvalue weighted by Crippen LogP contribution is 2.18. The van der Waals surface area contributed by atoms with Gasteiger partial charge in [-0.2, -0.15) is 4.31 Å². The van der Waals surface area contributed by atoms with E-state index in [0.29, 0.717) is 18.7 Å². The molecular formula is C21H29FN4O4S. The van der Waals surface area contributed by atoms with Crippen molar-refractivity contribution < 1.29 is 17.6 Å². The first-order valence-corrected chi connectivity index (χ1v) is 11.4. The number of carbonyl (C=O) groups excluding carboxylic acids is 1. The number of likely N-dealkylation sites (N-methyl/N-ethyl adjacent to an activating group) is 1. The maximum Gasteiger partial charge on any atom is 0.251 e. The summed E-state index contributed by atoms with van der Waals surface area (Å²) in [4.78, 5) is 26.4. The Kier molecular flexibility index (Phi) is 8.49. The fourth-order valence-corrected chi connectivity index (χ4v) is 4.71. The molecule has 0 spiro atoms. The molecular weight excluding hydrogens is 423 g/mol. The summed E-state index contributed by atoms with van der Waals surface area (Å²) in [5.74, 6) is -0.823. The molecule has 0 bridgehead atoms. The molecule has 1 amide bonds. The topological polar surface area (TPSA) is 91.7 Å². The van der Waals surface area contributed by atoms with Crippen molar-refractivity contribution in [1.82, 2.24) is 19.1 Å². The molecule has 2 aromatic rings. The minimum Gasteiger partial charge on any atom is -0.353 e. The maximum absolute atomic E-state index is 13.6. The normalized spacial score (nSPS) is 12.9. The number of pyridine rings is 1.